The Hall–Kier alpha value is -3.52. The molecule has 1 fully saturated rings. The summed E-state index contributed by atoms with van der Waals surface area (Å²) in [6.45, 7) is 5.33. The maximum Gasteiger partial charge on any atom is 0.250 e. The molecule has 3 aliphatic rings. The molecule has 2 amide bonds. The minimum absolute atomic E-state index is 0.0138. The maximum absolute atomic E-state index is 13.1. The Morgan fingerprint density at radius 2 is 1.91 bits per heavy atom. The third-order valence-corrected chi connectivity index (χ3v) is 6.59. The van der Waals surface area contributed by atoms with Crippen LogP contribution in [0.15, 0.2) is 54.9 Å². The molecule has 178 valence electrons. The Morgan fingerprint density at radius 1 is 1.12 bits per heavy atom. The molecule has 0 aliphatic carbocycles. The van der Waals surface area contributed by atoms with Crippen LogP contribution in [0, 0.1) is 0 Å². The van der Waals surface area contributed by atoms with E-state index in [1.807, 2.05) is 29.4 Å². The SMILES string of the molecule is CC(C)c1ccc(C2CC3C(=O)N(CCC(=O)NCc4ccc5c(c4)OCO5)C=CN3N2)cc1. The van der Waals surface area contributed by atoms with Crippen molar-refractivity contribution in [3.8, 4) is 11.5 Å². The summed E-state index contributed by atoms with van der Waals surface area (Å²) in [7, 11) is 0. The van der Waals surface area contributed by atoms with Gasteiger partial charge in [-0.3, -0.25) is 9.59 Å². The van der Waals surface area contributed by atoms with E-state index in [1.54, 1.807) is 11.1 Å². The molecule has 2 atom stereocenters. The summed E-state index contributed by atoms with van der Waals surface area (Å²) >= 11 is 0. The molecule has 8 nitrogen and oxygen atoms in total. The molecule has 5 rings (SSSR count). The average molecular weight is 463 g/mol. The lowest BCUT2D eigenvalue weighted by molar-refractivity contribution is -0.134. The Balaban J connectivity index is 1.11. The van der Waals surface area contributed by atoms with E-state index in [0.717, 1.165) is 11.3 Å². The van der Waals surface area contributed by atoms with Crippen molar-refractivity contribution < 1.29 is 19.1 Å². The van der Waals surface area contributed by atoms with E-state index in [4.69, 9.17) is 9.47 Å². The highest BCUT2D eigenvalue weighted by Gasteiger charge is 2.39. The number of hydrogen-bond acceptors (Lipinski definition) is 6. The van der Waals surface area contributed by atoms with Gasteiger partial charge in [0.25, 0.3) is 5.91 Å². The fourth-order valence-electron chi connectivity index (χ4n) is 4.51. The molecule has 1 saturated heterocycles. The van der Waals surface area contributed by atoms with Crippen LogP contribution in [-0.4, -0.2) is 41.1 Å². The van der Waals surface area contributed by atoms with Gasteiger partial charge >= 0.3 is 0 Å². The van der Waals surface area contributed by atoms with Gasteiger partial charge in [0.2, 0.25) is 12.7 Å². The predicted molar refractivity (Wildman–Crippen MR) is 127 cm³/mol. The number of amides is 2. The van der Waals surface area contributed by atoms with Gasteiger partial charge in [0, 0.05) is 31.9 Å². The second kappa shape index (κ2) is 9.38. The van der Waals surface area contributed by atoms with E-state index in [1.165, 1.54) is 11.1 Å². The minimum Gasteiger partial charge on any atom is -0.454 e. The van der Waals surface area contributed by atoms with E-state index in [2.05, 4.69) is 48.9 Å². The van der Waals surface area contributed by atoms with Gasteiger partial charge in [0.05, 0.1) is 6.04 Å². The molecule has 2 aromatic rings. The predicted octanol–water partition coefficient (Wildman–Crippen LogP) is 3.18. The van der Waals surface area contributed by atoms with Gasteiger partial charge < -0.3 is 24.7 Å². The van der Waals surface area contributed by atoms with Gasteiger partial charge in [-0.15, -0.1) is 0 Å². The van der Waals surface area contributed by atoms with Crippen LogP contribution in [0.2, 0.25) is 0 Å². The summed E-state index contributed by atoms with van der Waals surface area (Å²) in [6, 6.07) is 14.0. The van der Waals surface area contributed by atoms with Gasteiger partial charge in [0.1, 0.15) is 6.04 Å². The van der Waals surface area contributed by atoms with Crippen molar-refractivity contribution in [2.45, 2.75) is 51.2 Å². The van der Waals surface area contributed by atoms with Crippen molar-refractivity contribution in [2.75, 3.05) is 13.3 Å². The third kappa shape index (κ3) is 4.59. The van der Waals surface area contributed by atoms with Gasteiger partial charge in [-0.25, -0.2) is 5.43 Å². The average Bonchev–Trinajstić information content (AvgIpc) is 3.49. The van der Waals surface area contributed by atoms with Crippen molar-refractivity contribution in [3.05, 3.63) is 71.6 Å². The molecule has 8 heteroatoms. The topological polar surface area (TPSA) is 83.1 Å². The van der Waals surface area contributed by atoms with E-state index in [-0.39, 0.29) is 37.1 Å². The lowest BCUT2D eigenvalue weighted by Crippen LogP contribution is -2.48. The van der Waals surface area contributed by atoms with E-state index in [9.17, 15) is 9.59 Å². The largest absolute Gasteiger partial charge is 0.454 e. The first-order chi connectivity index (χ1) is 16.5. The highest BCUT2D eigenvalue weighted by Crippen LogP contribution is 2.33. The van der Waals surface area contributed by atoms with Gasteiger partial charge in [-0.2, -0.15) is 0 Å². The normalized spacial score (nSPS) is 20.7. The standard InChI is InChI=1S/C26H30N4O4/c1-17(2)19-4-6-20(7-5-19)21-14-22-26(32)29(11-12-30(22)28-21)10-9-25(31)27-15-18-3-8-23-24(13-18)34-16-33-23/h3-8,11-13,17,21-22,28H,9-10,14-16H2,1-2H3,(H,27,31). The zero-order chi connectivity index (χ0) is 23.7. The number of nitrogens with zero attached hydrogens (tertiary/aromatic N) is 2. The second-order valence-electron chi connectivity index (χ2n) is 9.21. The van der Waals surface area contributed by atoms with Crippen LogP contribution in [0.4, 0.5) is 0 Å². The van der Waals surface area contributed by atoms with Crippen LogP contribution in [0.3, 0.4) is 0 Å². The quantitative estimate of drug-likeness (QED) is 0.658. The summed E-state index contributed by atoms with van der Waals surface area (Å²) in [5, 5.41) is 4.80. The molecule has 0 aromatic heterocycles. The highest BCUT2D eigenvalue weighted by atomic mass is 16.7. The van der Waals surface area contributed by atoms with Crippen molar-refractivity contribution in [1.29, 1.82) is 0 Å². The number of hydrazine groups is 1. The van der Waals surface area contributed by atoms with Crippen molar-refractivity contribution >= 4 is 11.8 Å². The number of fused-ring (bicyclic) bond motifs is 2. The minimum atomic E-state index is -0.267. The van der Waals surface area contributed by atoms with Crippen LogP contribution < -0.4 is 20.2 Å². The Bertz CT molecular complexity index is 1100. The zero-order valence-corrected chi connectivity index (χ0v) is 19.5. The first-order valence-electron chi connectivity index (χ1n) is 11.8. The second-order valence-corrected chi connectivity index (χ2v) is 9.21. The molecular formula is C26H30N4O4. The Labute approximate surface area is 199 Å². The Kier molecular flexibility index (Phi) is 6.15. The monoisotopic (exact) mass is 462 g/mol. The van der Waals surface area contributed by atoms with Crippen LogP contribution in [0.25, 0.3) is 0 Å². The summed E-state index contributed by atoms with van der Waals surface area (Å²) < 4.78 is 10.7. The van der Waals surface area contributed by atoms with E-state index >= 15 is 0 Å². The number of nitrogens with one attached hydrogen (secondary N) is 2. The molecule has 0 bridgehead atoms. The van der Waals surface area contributed by atoms with Crippen LogP contribution in [0.1, 0.15) is 55.3 Å². The molecule has 3 aliphatic heterocycles. The van der Waals surface area contributed by atoms with Crippen LogP contribution in [0.5, 0.6) is 11.5 Å². The number of carbonyl (C=O) groups is 2. The number of ether oxygens (including phenoxy) is 2. The molecule has 2 N–H and O–H groups in total. The summed E-state index contributed by atoms with van der Waals surface area (Å²) in [4.78, 5) is 27.1. The molecule has 0 saturated carbocycles. The molecule has 0 radical (unpaired) electrons. The van der Waals surface area contributed by atoms with Gasteiger partial charge in [-0.1, -0.05) is 44.2 Å². The number of carbonyl (C=O) groups excluding carboxylic acids is 2. The van der Waals surface area contributed by atoms with Gasteiger partial charge in [-0.05, 0) is 41.2 Å². The number of rotatable bonds is 7. The molecule has 34 heavy (non-hydrogen) atoms. The highest BCUT2D eigenvalue weighted by molar-refractivity contribution is 5.85. The lowest BCUT2D eigenvalue weighted by Gasteiger charge is -2.31. The van der Waals surface area contributed by atoms with Crippen molar-refractivity contribution in [3.63, 3.8) is 0 Å². The summed E-state index contributed by atoms with van der Waals surface area (Å²) in [6.07, 6.45) is 4.57. The van der Waals surface area contributed by atoms with Crippen LogP contribution in [-0.2, 0) is 16.1 Å². The smallest absolute Gasteiger partial charge is 0.250 e. The maximum atomic E-state index is 13.1. The molecule has 2 aromatic carbocycles. The fraction of sp³-hybridized carbons (Fsp3) is 0.385. The molecule has 3 heterocycles. The Morgan fingerprint density at radius 3 is 2.71 bits per heavy atom. The third-order valence-electron chi connectivity index (χ3n) is 6.59. The lowest BCUT2D eigenvalue weighted by atomic mass is 9.97. The van der Waals surface area contributed by atoms with Crippen molar-refractivity contribution in [2.24, 2.45) is 0 Å². The first kappa shape index (κ1) is 22.3. The first-order valence-corrected chi connectivity index (χ1v) is 11.8. The summed E-state index contributed by atoms with van der Waals surface area (Å²) in [5.41, 5.74) is 6.85. The van der Waals surface area contributed by atoms with Crippen LogP contribution >= 0.6 is 0 Å². The van der Waals surface area contributed by atoms with Crippen molar-refractivity contribution in [1.82, 2.24) is 20.7 Å². The number of hydrogen-bond donors (Lipinski definition) is 2. The number of benzene rings is 2. The fourth-order valence-corrected chi connectivity index (χ4v) is 4.51. The molecule has 2 unspecified atom stereocenters. The van der Waals surface area contributed by atoms with Gasteiger partial charge in [0.15, 0.2) is 11.5 Å². The van der Waals surface area contributed by atoms with E-state index in [0.29, 0.717) is 31.2 Å². The molecule has 0 spiro atoms. The van der Waals surface area contributed by atoms with E-state index < -0.39 is 0 Å². The molecular weight excluding hydrogens is 432 g/mol. The zero-order valence-electron chi connectivity index (χ0n) is 19.5. The summed E-state index contributed by atoms with van der Waals surface area (Å²) in [5.74, 6) is 1.81.